The molecule has 2 heterocycles. The van der Waals surface area contributed by atoms with E-state index in [2.05, 4.69) is 23.0 Å². The zero-order chi connectivity index (χ0) is 12.3. The summed E-state index contributed by atoms with van der Waals surface area (Å²) in [5, 5.41) is 7.05. The minimum absolute atomic E-state index is 0.124. The maximum absolute atomic E-state index is 12.1. The number of nitrogens with zero attached hydrogens (tertiary/aromatic N) is 3. The molecule has 1 amide bonds. The molecule has 1 saturated heterocycles. The van der Waals surface area contributed by atoms with Crippen molar-refractivity contribution in [3.05, 3.63) is 18.0 Å². The van der Waals surface area contributed by atoms with Crippen LogP contribution in [0.15, 0.2) is 12.4 Å². The molecule has 94 valence electrons. The number of hydrogen-bond acceptors (Lipinski definition) is 4. The van der Waals surface area contributed by atoms with E-state index in [1.165, 1.54) is 0 Å². The molecule has 0 spiro atoms. The topological polar surface area (TPSA) is 50.2 Å². The third kappa shape index (κ3) is 3.23. The van der Waals surface area contributed by atoms with E-state index in [0.717, 1.165) is 31.7 Å². The lowest BCUT2D eigenvalue weighted by atomic mass is 10.1. The van der Waals surface area contributed by atoms with Gasteiger partial charge in [0.25, 0.3) is 0 Å². The van der Waals surface area contributed by atoms with Gasteiger partial charge in [-0.3, -0.25) is 9.48 Å². The van der Waals surface area contributed by atoms with Gasteiger partial charge in [0.1, 0.15) is 0 Å². The Labute approximate surface area is 107 Å². The predicted molar refractivity (Wildman–Crippen MR) is 69.1 cm³/mol. The van der Waals surface area contributed by atoms with Gasteiger partial charge in [-0.05, 0) is 12.0 Å². The molecular formula is C11H18N4OS. The summed E-state index contributed by atoms with van der Waals surface area (Å²) >= 11 is 4.41. The number of hydrogen-bond donors (Lipinski definition) is 2. The Morgan fingerprint density at radius 3 is 2.88 bits per heavy atom. The molecule has 0 saturated carbocycles. The van der Waals surface area contributed by atoms with Crippen LogP contribution in [0, 0.1) is 0 Å². The summed E-state index contributed by atoms with van der Waals surface area (Å²) in [6.07, 6.45) is 4.35. The second-order valence-electron chi connectivity index (χ2n) is 4.32. The Kier molecular flexibility index (Phi) is 4.06. The molecule has 1 unspecified atom stereocenters. The van der Waals surface area contributed by atoms with Crippen LogP contribution in [0.25, 0.3) is 0 Å². The van der Waals surface area contributed by atoms with Gasteiger partial charge >= 0.3 is 0 Å². The van der Waals surface area contributed by atoms with E-state index in [0.29, 0.717) is 6.42 Å². The van der Waals surface area contributed by atoms with E-state index >= 15 is 0 Å². The highest BCUT2D eigenvalue weighted by Gasteiger charge is 2.23. The highest BCUT2D eigenvalue weighted by molar-refractivity contribution is 7.81. The van der Waals surface area contributed by atoms with Gasteiger partial charge in [-0.15, -0.1) is 0 Å². The molecule has 1 atom stereocenters. The number of nitrogens with one attached hydrogen (secondary N) is 1. The molecule has 1 aliphatic rings. The number of piperazine rings is 1. The molecule has 0 radical (unpaired) electrons. The van der Waals surface area contributed by atoms with E-state index in [-0.39, 0.29) is 11.2 Å². The van der Waals surface area contributed by atoms with E-state index < -0.39 is 0 Å². The van der Waals surface area contributed by atoms with Crippen molar-refractivity contribution in [1.29, 1.82) is 0 Å². The van der Waals surface area contributed by atoms with Crippen LogP contribution >= 0.6 is 12.6 Å². The quantitative estimate of drug-likeness (QED) is 0.728. The van der Waals surface area contributed by atoms with Crippen molar-refractivity contribution in [2.45, 2.75) is 11.7 Å². The van der Waals surface area contributed by atoms with Crippen LogP contribution in [-0.2, 0) is 18.3 Å². The lowest BCUT2D eigenvalue weighted by Gasteiger charge is -2.29. The van der Waals surface area contributed by atoms with Crippen LogP contribution in [0.3, 0.4) is 0 Å². The Morgan fingerprint density at radius 1 is 1.59 bits per heavy atom. The smallest absolute Gasteiger partial charge is 0.235 e. The fourth-order valence-corrected chi connectivity index (χ4v) is 2.36. The van der Waals surface area contributed by atoms with Crippen LogP contribution < -0.4 is 5.32 Å². The van der Waals surface area contributed by atoms with Crippen LogP contribution in [0.4, 0.5) is 0 Å². The van der Waals surface area contributed by atoms with E-state index in [9.17, 15) is 4.79 Å². The number of thiol groups is 1. The Morgan fingerprint density at radius 2 is 2.29 bits per heavy atom. The SMILES string of the molecule is Cn1cc(CC(S)C(=O)N2CCNCC2)cn1. The average Bonchev–Trinajstić information content (AvgIpc) is 2.75. The number of carbonyl (C=O) groups is 1. The van der Waals surface area contributed by atoms with Crippen LogP contribution in [0.1, 0.15) is 5.56 Å². The van der Waals surface area contributed by atoms with Gasteiger partial charge in [-0.1, -0.05) is 0 Å². The third-order valence-corrected chi connectivity index (χ3v) is 3.30. The first-order valence-electron chi connectivity index (χ1n) is 5.82. The molecular weight excluding hydrogens is 236 g/mol. The van der Waals surface area contributed by atoms with Crippen molar-refractivity contribution in [1.82, 2.24) is 20.0 Å². The minimum Gasteiger partial charge on any atom is -0.339 e. The van der Waals surface area contributed by atoms with E-state index in [1.807, 2.05) is 18.1 Å². The minimum atomic E-state index is -0.266. The van der Waals surface area contributed by atoms with Crippen molar-refractivity contribution in [2.75, 3.05) is 26.2 Å². The number of aryl methyl sites for hydroxylation is 1. The third-order valence-electron chi connectivity index (χ3n) is 2.90. The van der Waals surface area contributed by atoms with E-state index in [1.54, 1.807) is 10.9 Å². The van der Waals surface area contributed by atoms with Gasteiger partial charge in [0.15, 0.2) is 0 Å². The lowest BCUT2D eigenvalue weighted by Crippen LogP contribution is -2.49. The van der Waals surface area contributed by atoms with Crippen molar-refractivity contribution >= 4 is 18.5 Å². The summed E-state index contributed by atoms with van der Waals surface area (Å²) in [6, 6.07) is 0. The summed E-state index contributed by atoms with van der Waals surface area (Å²) in [5.74, 6) is 0.124. The summed E-state index contributed by atoms with van der Waals surface area (Å²) in [6.45, 7) is 3.31. The lowest BCUT2D eigenvalue weighted by molar-refractivity contribution is -0.131. The van der Waals surface area contributed by atoms with Crippen molar-refractivity contribution in [3.63, 3.8) is 0 Å². The summed E-state index contributed by atoms with van der Waals surface area (Å²) < 4.78 is 1.74. The van der Waals surface area contributed by atoms with Crippen LogP contribution in [-0.4, -0.2) is 52.0 Å². The Balaban J connectivity index is 1.90. The second-order valence-corrected chi connectivity index (χ2v) is 4.94. The zero-order valence-electron chi connectivity index (χ0n) is 9.96. The molecule has 1 aromatic heterocycles. The molecule has 0 aromatic carbocycles. The molecule has 0 bridgehead atoms. The van der Waals surface area contributed by atoms with Gasteiger partial charge in [-0.2, -0.15) is 17.7 Å². The van der Waals surface area contributed by atoms with Gasteiger partial charge in [0.2, 0.25) is 5.91 Å². The van der Waals surface area contributed by atoms with Gasteiger partial charge < -0.3 is 10.2 Å². The second kappa shape index (κ2) is 5.55. The normalized spacial score (nSPS) is 18.1. The summed E-state index contributed by atoms with van der Waals surface area (Å²) in [5.41, 5.74) is 1.05. The molecule has 0 aliphatic carbocycles. The molecule has 1 N–H and O–H groups in total. The maximum atomic E-state index is 12.1. The van der Waals surface area contributed by atoms with Gasteiger partial charge in [0, 0.05) is 39.4 Å². The molecule has 17 heavy (non-hydrogen) atoms. The number of rotatable bonds is 3. The highest BCUT2D eigenvalue weighted by atomic mass is 32.1. The maximum Gasteiger partial charge on any atom is 0.235 e. The van der Waals surface area contributed by atoms with Gasteiger partial charge in [-0.25, -0.2) is 0 Å². The van der Waals surface area contributed by atoms with Crippen LogP contribution in [0.2, 0.25) is 0 Å². The fourth-order valence-electron chi connectivity index (χ4n) is 1.98. The van der Waals surface area contributed by atoms with E-state index in [4.69, 9.17) is 0 Å². The molecule has 5 nitrogen and oxygen atoms in total. The molecule has 1 aliphatic heterocycles. The number of carbonyl (C=O) groups excluding carboxylic acids is 1. The Bertz CT molecular complexity index is 387. The monoisotopic (exact) mass is 254 g/mol. The molecule has 1 aromatic rings. The summed E-state index contributed by atoms with van der Waals surface area (Å²) in [7, 11) is 1.87. The molecule has 2 rings (SSSR count). The zero-order valence-corrected chi connectivity index (χ0v) is 10.9. The Hall–Kier alpha value is -1.01. The standard InChI is InChI=1S/C11H18N4OS/c1-14-8-9(7-13-14)6-10(17)11(16)15-4-2-12-3-5-15/h7-8,10,12,17H,2-6H2,1H3. The van der Waals surface area contributed by atoms with Gasteiger partial charge in [0.05, 0.1) is 11.4 Å². The largest absolute Gasteiger partial charge is 0.339 e. The van der Waals surface area contributed by atoms with Crippen LogP contribution in [0.5, 0.6) is 0 Å². The number of amides is 1. The fraction of sp³-hybridized carbons (Fsp3) is 0.636. The van der Waals surface area contributed by atoms with Crippen molar-refractivity contribution in [3.8, 4) is 0 Å². The molecule has 1 fully saturated rings. The molecule has 6 heteroatoms. The highest BCUT2D eigenvalue weighted by Crippen LogP contribution is 2.10. The first-order chi connectivity index (χ1) is 8.16. The summed E-state index contributed by atoms with van der Waals surface area (Å²) in [4.78, 5) is 14.0. The van der Waals surface area contributed by atoms with Crippen molar-refractivity contribution in [2.24, 2.45) is 7.05 Å². The first kappa shape index (κ1) is 12.4. The number of aromatic nitrogens is 2. The average molecular weight is 254 g/mol. The first-order valence-corrected chi connectivity index (χ1v) is 6.33. The van der Waals surface area contributed by atoms with Crippen molar-refractivity contribution < 1.29 is 4.79 Å². The predicted octanol–water partition coefficient (Wildman–Crippen LogP) is -0.307.